The summed E-state index contributed by atoms with van der Waals surface area (Å²) in [7, 11) is 0. The predicted molar refractivity (Wildman–Crippen MR) is 129 cm³/mol. The van der Waals surface area contributed by atoms with Crippen molar-refractivity contribution < 1.29 is 0 Å². The molecule has 0 bridgehead atoms. The third-order valence-corrected chi connectivity index (χ3v) is 6.81. The van der Waals surface area contributed by atoms with E-state index in [1.165, 1.54) is 12.8 Å². The van der Waals surface area contributed by atoms with Crippen molar-refractivity contribution in [3.8, 4) is 22.4 Å². The zero-order chi connectivity index (χ0) is 21.7. The second-order valence-electron chi connectivity index (χ2n) is 8.52. The number of hydrogen-bond acceptors (Lipinski definition) is 3. The van der Waals surface area contributed by atoms with Crippen molar-refractivity contribution in [3.63, 3.8) is 0 Å². The van der Waals surface area contributed by atoms with E-state index in [1.54, 1.807) is 6.20 Å². The van der Waals surface area contributed by atoms with Gasteiger partial charge in [0.15, 0.2) is 0 Å². The van der Waals surface area contributed by atoms with Gasteiger partial charge in [-0.25, -0.2) is 4.98 Å². The molecule has 0 amide bonds. The lowest BCUT2D eigenvalue weighted by molar-refractivity contribution is 0.713. The number of nitrogens with one attached hydrogen (secondary N) is 2. The fraction of sp³-hybridized carbons (Fsp3) is 0.192. The number of pyridine rings is 2. The molecule has 0 saturated heterocycles. The fourth-order valence-corrected chi connectivity index (χ4v) is 5.17. The van der Waals surface area contributed by atoms with Gasteiger partial charge in [-0.2, -0.15) is 5.10 Å². The second-order valence-corrected chi connectivity index (χ2v) is 8.92. The molecule has 5 aromatic rings. The van der Waals surface area contributed by atoms with Crippen molar-refractivity contribution >= 4 is 33.5 Å². The average Bonchev–Trinajstić information content (AvgIpc) is 3.51. The van der Waals surface area contributed by atoms with Crippen LogP contribution in [-0.2, 0) is 0 Å². The summed E-state index contributed by atoms with van der Waals surface area (Å²) < 4.78 is 0. The summed E-state index contributed by atoms with van der Waals surface area (Å²) in [6.07, 6.45) is 6.29. The Bertz CT molecular complexity index is 1510. The van der Waals surface area contributed by atoms with Gasteiger partial charge in [-0.3, -0.25) is 9.89 Å². The highest BCUT2D eigenvalue weighted by molar-refractivity contribution is 6.35. The Hall–Kier alpha value is -3.44. The first-order chi connectivity index (χ1) is 15.7. The molecule has 158 valence electrons. The number of H-pyrrole nitrogens is 2. The van der Waals surface area contributed by atoms with Gasteiger partial charge in [0.25, 0.3) is 5.56 Å². The molecule has 3 aromatic heterocycles. The van der Waals surface area contributed by atoms with Gasteiger partial charge in [0.2, 0.25) is 0 Å². The Morgan fingerprint density at radius 2 is 1.75 bits per heavy atom. The van der Waals surface area contributed by atoms with E-state index in [-0.39, 0.29) is 5.56 Å². The van der Waals surface area contributed by atoms with Gasteiger partial charge in [-0.1, -0.05) is 54.8 Å². The van der Waals surface area contributed by atoms with Gasteiger partial charge in [0, 0.05) is 27.5 Å². The van der Waals surface area contributed by atoms with Gasteiger partial charge in [0.1, 0.15) is 5.65 Å². The van der Waals surface area contributed by atoms with E-state index >= 15 is 0 Å². The average molecular weight is 441 g/mol. The first kappa shape index (κ1) is 19.3. The standard InChI is InChI=1S/C26H21ClN4O/c27-22-13-17(10-19-14-28-31-24(19)22)20-11-18-12-21(15-6-4-5-7-15)26(32)30-25(18)29-23(20)16-8-2-1-3-9-16/h1-3,8-15H,4-7H2,(H,28,31)(H,29,30,32). The van der Waals surface area contributed by atoms with Crippen LogP contribution in [0.4, 0.5) is 0 Å². The van der Waals surface area contributed by atoms with Gasteiger partial charge in [-0.15, -0.1) is 0 Å². The number of aromatic amines is 2. The molecule has 6 rings (SSSR count). The predicted octanol–water partition coefficient (Wildman–Crippen LogP) is 6.44. The van der Waals surface area contributed by atoms with Crippen molar-refractivity contribution in [2.24, 2.45) is 0 Å². The minimum Gasteiger partial charge on any atom is -0.306 e. The molecule has 2 aromatic carbocycles. The molecule has 3 heterocycles. The molecule has 0 spiro atoms. The van der Waals surface area contributed by atoms with E-state index in [0.29, 0.717) is 16.6 Å². The molecule has 32 heavy (non-hydrogen) atoms. The van der Waals surface area contributed by atoms with Gasteiger partial charge in [0.05, 0.1) is 22.4 Å². The highest BCUT2D eigenvalue weighted by Crippen LogP contribution is 2.38. The minimum absolute atomic E-state index is 0.0217. The molecule has 0 radical (unpaired) electrons. The summed E-state index contributed by atoms with van der Waals surface area (Å²) in [4.78, 5) is 20.8. The molecule has 0 aliphatic heterocycles. The van der Waals surface area contributed by atoms with E-state index in [9.17, 15) is 4.79 Å². The quantitative estimate of drug-likeness (QED) is 0.338. The minimum atomic E-state index is -0.0217. The molecule has 6 heteroatoms. The number of aromatic nitrogens is 4. The lowest BCUT2D eigenvalue weighted by atomic mass is 9.95. The topological polar surface area (TPSA) is 74.4 Å². The van der Waals surface area contributed by atoms with Crippen molar-refractivity contribution in [1.82, 2.24) is 20.2 Å². The molecule has 2 N–H and O–H groups in total. The van der Waals surface area contributed by atoms with Crippen LogP contribution in [0.15, 0.2) is 65.6 Å². The second kappa shape index (κ2) is 7.61. The lowest BCUT2D eigenvalue weighted by Gasteiger charge is -2.14. The smallest absolute Gasteiger partial charge is 0.253 e. The summed E-state index contributed by atoms with van der Waals surface area (Å²) in [6.45, 7) is 0. The fourth-order valence-electron chi connectivity index (χ4n) is 4.90. The Morgan fingerprint density at radius 3 is 2.56 bits per heavy atom. The summed E-state index contributed by atoms with van der Waals surface area (Å²) >= 11 is 6.56. The van der Waals surface area contributed by atoms with Gasteiger partial charge in [-0.05, 0) is 48.6 Å². The van der Waals surface area contributed by atoms with Crippen molar-refractivity contribution in [2.75, 3.05) is 0 Å². The number of hydrogen-bond donors (Lipinski definition) is 2. The van der Waals surface area contributed by atoms with E-state index < -0.39 is 0 Å². The summed E-state index contributed by atoms with van der Waals surface area (Å²) in [5, 5.41) is 9.57. The maximum absolute atomic E-state index is 12.9. The third-order valence-electron chi connectivity index (χ3n) is 6.51. The summed E-state index contributed by atoms with van der Waals surface area (Å²) in [5.41, 5.74) is 6.00. The number of nitrogens with zero attached hydrogens (tertiary/aromatic N) is 2. The molecule has 1 fully saturated rings. The first-order valence-corrected chi connectivity index (χ1v) is 11.3. The Labute approximate surface area is 189 Å². The SMILES string of the molecule is O=c1[nH]c2nc(-c3ccccc3)c(-c3cc(Cl)c4[nH]ncc4c3)cc2cc1C1CCCC1. The van der Waals surface area contributed by atoms with Crippen LogP contribution in [0.5, 0.6) is 0 Å². The Balaban J connectivity index is 1.63. The zero-order valence-electron chi connectivity index (χ0n) is 17.4. The van der Waals surface area contributed by atoms with Crippen molar-refractivity contribution in [3.05, 3.63) is 81.7 Å². The van der Waals surface area contributed by atoms with Crippen LogP contribution in [0.3, 0.4) is 0 Å². The Morgan fingerprint density at radius 1 is 0.938 bits per heavy atom. The van der Waals surface area contributed by atoms with Crippen molar-refractivity contribution in [2.45, 2.75) is 31.6 Å². The Kier molecular flexibility index (Phi) is 4.58. The van der Waals surface area contributed by atoms with Crippen molar-refractivity contribution in [1.29, 1.82) is 0 Å². The lowest BCUT2D eigenvalue weighted by Crippen LogP contribution is -2.15. The van der Waals surface area contributed by atoms with Gasteiger partial charge >= 0.3 is 0 Å². The number of benzene rings is 2. The molecule has 1 saturated carbocycles. The molecule has 1 aliphatic carbocycles. The van der Waals surface area contributed by atoms with Crippen LogP contribution in [0, 0.1) is 0 Å². The van der Waals surface area contributed by atoms with E-state index in [0.717, 1.165) is 57.1 Å². The molecule has 0 atom stereocenters. The molecule has 5 nitrogen and oxygen atoms in total. The van der Waals surface area contributed by atoms with Crippen LogP contribution in [0.25, 0.3) is 44.3 Å². The molecular weight excluding hydrogens is 420 g/mol. The number of rotatable bonds is 3. The molecular formula is C26H21ClN4O. The van der Waals surface area contributed by atoms with E-state index in [1.807, 2.05) is 42.5 Å². The van der Waals surface area contributed by atoms with Crippen LogP contribution < -0.4 is 5.56 Å². The number of fused-ring (bicyclic) bond motifs is 2. The largest absolute Gasteiger partial charge is 0.306 e. The number of halogens is 1. The molecule has 1 aliphatic rings. The maximum atomic E-state index is 12.9. The van der Waals surface area contributed by atoms with Gasteiger partial charge < -0.3 is 4.98 Å². The van der Waals surface area contributed by atoms with Crippen LogP contribution in [-0.4, -0.2) is 20.2 Å². The zero-order valence-corrected chi connectivity index (χ0v) is 18.1. The monoisotopic (exact) mass is 440 g/mol. The van der Waals surface area contributed by atoms with E-state index in [2.05, 4.69) is 27.3 Å². The van der Waals surface area contributed by atoms with Crippen LogP contribution in [0.2, 0.25) is 5.02 Å². The maximum Gasteiger partial charge on any atom is 0.253 e. The normalized spacial score (nSPS) is 14.5. The third kappa shape index (κ3) is 3.21. The van der Waals surface area contributed by atoms with E-state index in [4.69, 9.17) is 16.6 Å². The molecule has 0 unspecified atom stereocenters. The highest BCUT2D eigenvalue weighted by atomic mass is 35.5. The highest BCUT2D eigenvalue weighted by Gasteiger charge is 2.21. The van der Waals surface area contributed by atoms with Crippen LogP contribution in [0.1, 0.15) is 37.2 Å². The van der Waals surface area contributed by atoms with Crippen LogP contribution >= 0.6 is 11.6 Å². The summed E-state index contributed by atoms with van der Waals surface area (Å²) in [6, 6.07) is 18.2. The first-order valence-electron chi connectivity index (χ1n) is 10.9. The summed E-state index contributed by atoms with van der Waals surface area (Å²) in [5.74, 6) is 0.331.